The standard InChI is InChI=1S/C9H8Cl2N4S/c1-5(8-12-2-3-16-8)14-7-6(10)4-13-9(11)15-7/h2-5H,1H3,(H,13,14,15). The van der Waals surface area contributed by atoms with Crippen molar-refractivity contribution < 1.29 is 0 Å². The highest BCUT2D eigenvalue weighted by Crippen LogP contribution is 2.25. The fourth-order valence-corrected chi connectivity index (χ4v) is 2.09. The summed E-state index contributed by atoms with van der Waals surface area (Å²) in [4.78, 5) is 12.0. The maximum Gasteiger partial charge on any atom is 0.224 e. The fraction of sp³-hybridized carbons (Fsp3) is 0.222. The van der Waals surface area contributed by atoms with Crippen molar-refractivity contribution in [3.05, 3.63) is 33.1 Å². The maximum atomic E-state index is 5.94. The van der Waals surface area contributed by atoms with Crippen LogP contribution in [0.2, 0.25) is 10.3 Å². The Balaban J connectivity index is 2.17. The molecule has 16 heavy (non-hydrogen) atoms. The highest BCUT2D eigenvalue weighted by Gasteiger charge is 2.11. The van der Waals surface area contributed by atoms with Gasteiger partial charge >= 0.3 is 0 Å². The van der Waals surface area contributed by atoms with Gasteiger partial charge in [-0.15, -0.1) is 11.3 Å². The number of aromatic nitrogens is 3. The smallest absolute Gasteiger partial charge is 0.224 e. The Labute approximate surface area is 107 Å². The van der Waals surface area contributed by atoms with E-state index in [0.717, 1.165) is 5.01 Å². The summed E-state index contributed by atoms with van der Waals surface area (Å²) in [6.07, 6.45) is 3.22. The highest BCUT2D eigenvalue weighted by molar-refractivity contribution is 7.09. The van der Waals surface area contributed by atoms with Gasteiger partial charge in [-0.1, -0.05) is 11.6 Å². The van der Waals surface area contributed by atoms with E-state index in [1.54, 1.807) is 17.5 Å². The van der Waals surface area contributed by atoms with E-state index in [1.165, 1.54) is 6.20 Å². The number of anilines is 1. The number of hydrogen-bond acceptors (Lipinski definition) is 5. The van der Waals surface area contributed by atoms with Gasteiger partial charge in [-0.3, -0.25) is 0 Å². The molecular weight excluding hydrogens is 267 g/mol. The third-order valence-corrected chi connectivity index (χ3v) is 3.31. The van der Waals surface area contributed by atoms with E-state index < -0.39 is 0 Å². The molecule has 0 bridgehead atoms. The first-order chi connectivity index (χ1) is 7.66. The summed E-state index contributed by atoms with van der Waals surface area (Å²) in [5, 5.41) is 6.62. The summed E-state index contributed by atoms with van der Waals surface area (Å²) in [7, 11) is 0. The minimum atomic E-state index is 0.0310. The van der Waals surface area contributed by atoms with Crippen molar-refractivity contribution >= 4 is 40.4 Å². The van der Waals surface area contributed by atoms with E-state index in [4.69, 9.17) is 23.2 Å². The van der Waals surface area contributed by atoms with Crippen LogP contribution in [0.15, 0.2) is 17.8 Å². The van der Waals surface area contributed by atoms with Crippen LogP contribution in [-0.2, 0) is 0 Å². The van der Waals surface area contributed by atoms with Gasteiger partial charge in [0.25, 0.3) is 0 Å². The molecule has 1 atom stereocenters. The number of thiazole rings is 1. The summed E-state index contributed by atoms with van der Waals surface area (Å²) in [5.74, 6) is 0.518. The molecule has 2 aromatic rings. The molecule has 0 spiro atoms. The molecule has 2 aromatic heterocycles. The Morgan fingerprint density at radius 2 is 2.19 bits per heavy atom. The van der Waals surface area contributed by atoms with E-state index >= 15 is 0 Å². The third-order valence-electron chi connectivity index (χ3n) is 1.89. The first kappa shape index (κ1) is 11.6. The van der Waals surface area contributed by atoms with Crippen molar-refractivity contribution in [3.8, 4) is 0 Å². The molecule has 2 heterocycles. The second kappa shape index (κ2) is 4.95. The minimum Gasteiger partial charge on any atom is -0.360 e. The Morgan fingerprint density at radius 1 is 1.38 bits per heavy atom. The van der Waals surface area contributed by atoms with Gasteiger partial charge in [0.05, 0.1) is 12.2 Å². The summed E-state index contributed by atoms with van der Waals surface area (Å²) in [6, 6.07) is 0.0310. The van der Waals surface area contributed by atoms with Gasteiger partial charge in [-0.25, -0.2) is 9.97 Å². The molecule has 0 amide bonds. The van der Waals surface area contributed by atoms with Crippen LogP contribution in [0, 0.1) is 0 Å². The number of hydrogen-bond donors (Lipinski definition) is 1. The zero-order valence-electron chi connectivity index (χ0n) is 8.32. The number of halogens is 2. The molecule has 4 nitrogen and oxygen atoms in total. The third kappa shape index (κ3) is 2.61. The van der Waals surface area contributed by atoms with Crippen LogP contribution in [0.25, 0.3) is 0 Å². The lowest BCUT2D eigenvalue weighted by atomic mass is 10.3. The Kier molecular flexibility index (Phi) is 3.58. The molecule has 1 N–H and O–H groups in total. The predicted molar refractivity (Wildman–Crippen MR) is 66.2 cm³/mol. The molecule has 1 unspecified atom stereocenters. The van der Waals surface area contributed by atoms with E-state index in [-0.39, 0.29) is 11.3 Å². The van der Waals surface area contributed by atoms with Crippen LogP contribution in [0.5, 0.6) is 0 Å². The van der Waals surface area contributed by atoms with Crippen molar-refractivity contribution in [2.75, 3.05) is 5.32 Å². The Bertz CT molecular complexity index is 474. The van der Waals surface area contributed by atoms with Crippen LogP contribution in [0.3, 0.4) is 0 Å². The topological polar surface area (TPSA) is 50.7 Å². The lowest BCUT2D eigenvalue weighted by molar-refractivity contribution is 0.858. The molecule has 2 rings (SSSR count). The van der Waals surface area contributed by atoms with E-state index in [1.807, 2.05) is 12.3 Å². The van der Waals surface area contributed by atoms with Crippen LogP contribution in [-0.4, -0.2) is 15.0 Å². The van der Waals surface area contributed by atoms with Gasteiger partial charge in [-0.2, -0.15) is 4.98 Å². The lowest BCUT2D eigenvalue weighted by Gasteiger charge is -2.12. The molecule has 7 heteroatoms. The van der Waals surface area contributed by atoms with Crippen molar-refractivity contribution in [2.45, 2.75) is 13.0 Å². The molecule has 0 radical (unpaired) electrons. The van der Waals surface area contributed by atoms with Gasteiger partial charge in [-0.05, 0) is 18.5 Å². The van der Waals surface area contributed by atoms with Gasteiger partial charge in [0, 0.05) is 11.6 Å². The first-order valence-corrected chi connectivity index (χ1v) is 6.14. The molecule has 0 fully saturated rings. The molecule has 0 aliphatic heterocycles. The molecule has 0 aliphatic rings. The number of nitrogens with one attached hydrogen (secondary N) is 1. The Hall–Kier alpha value is -0.910. The largest absolute Gasteiger partial charge is 0.360 e. The average molecular weight is 275 g/mol. The normalized spacial score (nSPS) is 12.4. The number of nitrogens with zero attached hydrogens (tertiary/aromatic N) is 3. The molecule has 0 saturated carbocycles. The van der Waals surface area contributed by atoms with Crippen LogP contribution in [0.1, 0.15) is 18.0 Å². The van der Waals surface area contributed by atoms with Crippen LogP contribution < -0.4 is 5.32 Å². The van der Waals surface area contributed by atoms with Gasteiger partial charge < -0.3 is 5.32 Å². The zero-order valence-corrected chi connectivity index (χ0v) is 10.6. The molecule has 0 aliphatic carbocycles. The first-order valence-electron chi connectivity index (χ1n) is 4.51. The monoisotopic (exact) mass is 274 g/mol. The maximum absolute atomic E-state index is 5.94. The Morgan fingerprint density at radius 3 is 2.88 bits per heavy atom. The van der Waals surface area contributed by atoms with E-state index in [0.29, 0.717) is 10.8 Å². The van der Waals surface area contributed by atoms with Crippen LogP contribution in [0.4, 0.5) is 5.82 Å². The van der Waals surface area contributed by atoms with E-state index in [9.17, 15) is 0 Å². The quantitative estimate of drug-likeness (QED) is 0.872. The van der Waals surface area contributed by atoms with Crippen molar-refractivity contribution in [3.63, 3.8) is 0 Å². The molecule has 0 aromatic carbocycles. The van der Waals surface area contributed by atoms with Gasteiger partial charge in [0.2, 0.25) is 5.28 Å². The van der Waals surface area contributed by atoms with Crippen LogP contribution >= 0.6 is 34.5 Å². The summed E-state index contributed by atoms with van der Waals surface area (Å²) in [6.45, 7) is 1.98. The fourth-order valence-electron chi connectivity index (χ4n) is 1.16. The predicted octanol–water partition coefficient (Wildman–Crippen LogP) is 3.41. The molecule has 0 saturated heterocycles. The van der Waals surface area contributed by atoms with Gasteiger partial charge in [0.1, 0.15) is 15.8 Å². The second-order valence-electron chi connectivity index (χ2n) is 3.07. The summed E-state index contributed by atoms with van der Waals surface area (Å²) >= 11 is 13.2. The molecular formula is C9H8Cl2N4S. The van der Waals surface area contributed by atoms with Crippen molar-refractivity contribution in [1.29, 1.82) is 0 Å². The number of rotatable bonds is 3. The zero-order chi connectivity index (χ0) is 11.5. The SMILES string of the molecule is CC(Nc1nc(Cl)ncc1Cl)c1nccs1. The van der Waals surface area contributed by atoms with Gasteiger partial charge in [0.15, 0.2) is 0 Å². The second-order valence-corrected chi connectivity index (χ2v) is 4.74. The highest BCUT2D eigenvalue weighted by atomic mass is 35.5. The summed E-state index contributed by atoms with van der Waals surface area (Å²) < 4.78 is 0. The average Bonchev–Trinajstić information content (AvgIpc) is 2.76. The molecule has 84 valence electrons. The van der Waals surface area contributed by atoms with E-state index in [2.05, 4.69) is 20.3 Å². The minimum absolute atomic E-state index is 0.0310. The van der Waals surface area contributed by atoms with Crippen molar-refractivity contribution in [1.82, 2.24) is 15.0 Å². The van der Waals surface area contributed by atoms with Crippen molar-refractivity contribution in [2.24, 2.45) is 0 Å². The lowest BCUT2D eigenvalue weighted by Crippen LogP contribution is -2.08. The summed E-state index contributed by atoms with van der Waals surface area (Å²) in [5.41, 5.74) is 0.